The number of aromatic nitrogens is 5. The van der Waals surface area contributed by atoms with E-state index in [2.05, 4.69) is 51.8 Å². The van der Waals surface area contributed by atoms with Gasteiger partial charge in [-0.15, -0.1) is 0 Å². The first-order valence-corrected chi connectivity index (χ1v) is 13.6. The Hall–Kier alpha value is -3.79. The lowest BCUT2D eigenvalue weighted by Gasteiger charge is -2.34. The van der Waals surface area contributed by atoms with Gasteiger partial charge in [-0.05, 0) is 49.8 Å². The van der Waals surface area contributed by atoms with E-state index in [-0.39, 0.29) is 24.5 Å². The number of piperazine rings is 1. The first kappa shape index (κ1) is 24.5. The molecule has 3 aromatic heterocycles. The lowest BCUT2D eigenvalue weighted by Crippen LogP contribution is -2.49. The molecule has 198 valence electrons. The van der Waals surface area contributed by atoms with Crippen molar-refractivity contribution in [3.05, 3.63) is 48.3 Å². The van der Waals surface area contributed by atoms with Crippen molar-refractivity contribution in [1.29, 1.82) is 0 Å². The molecule has 1 unspecified atom stereocenters. The molecule has 1 saturated carbocycles. The van der Waals surface area contributed by atoms with Crippen molar-refractivity contribution < 1.29 is 4.79 Å². The number of hydrogen-bond acceptors (Lipinski definition) is 8. The van der Waals surface area contributed by atoms with Crippen LogP contribution in [0.1, 0.15) is 50.8 Å². The predicted octanol–water partition coefficient (Wildman–Crippen LogP) is 3.52. The second kappa shape index (κ2) is 10.2. The Kier molecular flexibility index (Phi) is 6.57. The molecule has 0 bridgehead atoms. The van der Waals surface area contributed by atoms with Gasteiger partial charge in [0.1, 0.15) is 11.0 Å². The lowest BCUT2D eigenvalue weighted by molar-refractivity contribution is -0.119. The number of nitrogens with two attached hydrogens (primary N) is 1. The third-order valence-corrected chi connectivity index (χ3v) is 7.83. The number of pyridine rings is 1. The van der Waals surface area contributed by atoms with Crippen LogP contribution in [0.3, 0.4) is 0 Å². The van der Waals surface area contributed by atoms with Crippen molar-refractivity contribution in [3.63, 3.8) is 0 Å². The number of fused-ring (bicyclic) bond motifs is 2. The summed E-state index contributed by atoms with van der Waals surface area (Å²) in [7, 11) is 0. The predicted molar refractivity (Wildman–Crippen MR) is 149 cm³/mol. The van der Waals surface area contributed by atoms with Crippen LogP contribution in [0, 0.1) is 5.92 Å². The zero-order valence-corrected chi connectivity index (χ0v) is 22.0. The molecule has 2 fully saturated rings. The standard InChI is InChI=1S/C28H35N9O/c1-3-18(2)37-26-23(16-31-37)32-28(36-12-10-35(11-13-36)17-24(29)38)34-27(26)33-25(19-8-9-19)21-14-20-6-4-5-7-22(20)30-15-21/h4-7,14-16,18-19,25H,3,8-13,17H2,1-2H3,(H2,29,38)(H,32,33,34)/t18?,25-/m1/s1. The number of nitrogens with one attached hydrogen (secondary N) is 1. The normalized spacial score (nSPS) is 18.1. The van der Waals surface area contributed by atoms with E-state index in [1.165, 1.54) is 18.4 Å². The monoisotopic (exact) mass is 513 g/mol. The number of para-hydroxylation sites is 1. The summed E-state index contributed by atoms with van der Waals surface area (Å²) in [6, 6.07) is 10.8. The number of amides is 1. The van der Waals surface area contributed by atoms with Crippen LogP contribution in [0.15, 0.2) is 42.7 Å². The van der Waals surface area contributed by atoms with E-state index < -0.39 is 0 Å². The molecule has 0 spiro atoms. The molecule has 0 radical (unpaired) electrons. The molecular weight excluding hydrogens is 478 g/mol. The molecule has 4 aromatic rings. The molecule has 1 amide bonds. The fourth-order valence-corrected chi connectivity index (χ4v) is 5.33. The van der Waals surface area contributed by atoms with Gasteiger partial charge >= 0.3 is 0 Å². The number of anilines is 2. The summed E-state index contributed by atoms with van der Waals surface area (Å²) in [5, 5.41) is 9.70. The molecule has 10 nitrogen and oxygen atoms in total. The fraction of sp³-hybridized carbons (Fsp3) is 0.464. The van der Waals surface area contributed by atoms with Gasteiger partial charge in [0.15, 0.2) is 5.82 Å². The Morgan fingerprint density at radius 3 is 2.63 bits per heavy atom. The number of primary amides is 1. The second-order valence-electron chi connectivity index (χ2n) is 10.6. The Labute approximate surface area is 222 Å². The summed E-state index contributed by atoms with van der Waals surface area (Å²) in [6.45, 7) is 7.58. The fourth-order valence-electron chi connectivity index (χ4n) is 5.33. The lowest BCUT2D eigenvalue weighted by atomic mass is 10.0. The van der Waals surface area contributed by atoms with E-state index >= 15 is 0 Å². The van der Waals surface area contributed by atoms with Gasteiger partial charge in [-0.1, -0.05) is 25.1 Å². The molecule has 1 aliphatic heterocycles. The molecule has 3 N–H and O–H groups in total. The summed E-state index contributed by atoms with van der Waals surface area (Å²) < 4.78 is 2.05. The van der Waals surface area contributed by atoms with E-state index in [1.807, 2.05) is 24.5 Å². The maximum atomic E-state index is 11.4. The maximum absolute atomic E-state index is 11.4. The maximum Gasteiger partial charge on any atom is 0.231 e. The molecule has 6 rings (SSSR count). The third kappa shape index (κ3) is 4.88. The molecule has 38 heavy (non-hydrogen) atoms. The quantitative estimate of drug-likeness (QED) is 0.349. The van der Waals surface area contributed by atoms with Crippen molar-refractivity contribution >= 4 is 39.6 Å². The van der Waals surface area contributed by atoms with Crippen molar-refractivity contribution in [3.8, 4) is 0 Å². The summed E-state index contributed by atoms with van der Waals surface area (Å²) in [6.07, 6.45) is 7.17. The van der Waals surface area contributed by atoms with Crippen LogP contribution < -0.4 is 16.0 Å². The van der Waals surface area contributed by atoms with Crippen LogP contribution in [-0.4, -0.2) is 68.3 Å². The van der Waals surface area contributed by atoms with Crippen LogP contribution >= 0.6 is 0 Å². The Morgan fingerprint density at radius 1 is 1.11 bits per heavy atom. The van der Waals surface area contributed by atoms with Crippen molar-refractivity contribution in [2.45, 2.75) is 45.2 Å². The van der Waals surface area contributed by atoms with Gasteiger partial charge in [-0.25, -0.2) is 4.98 Å². The third-order valence-electron chi connectivity index (χ3n) is 7.83. The summed E-state index contributed by atoms with van der Waals surface area (Å²) in [5.74, 6) is 1.74. The van der Waals surface area contributed by atoms with Crippen LogP contribution in [-0.2, 0) is 4.79 Å². The zero-order chi connectivity index (χ0) is 26.2. The topological polar surface area (TPSA) is 118 Å². The minimum Gasteiger partial charge on any atom is -0.369 e. The van der Waals surface area contributed by atoms with Crippen LogP contribution in [0.4, 0.5) is 11.8 Å². The van der Waals surface area contributed by atoms with Gasteiger partial charge in [0, 0.05) is 43.8 Å². The van der Waals surface area contributed by atoms with Crippen molar-refractivity contribution in [2.75, 3.05) is 42.9 Å². The smallest absolute Gasteiger partial charge is 0.231 e. The van der Waals surface area contributed by atoms with Crippen molar-refractivity contribution in [2.24, 2.45) is 11.7 Å². The Morgan fingerprint density at radius 2 is 1.89 bits per heavy atom. The summed E-state index contributed by atoms with van der Waals surface area (Å²) >= 11 is 0. The molecule has 1 saturated heterocycles. The summed E-state index contributed by atoms with van der Waals surface area (Å²) in [5.41, 5.74) is 9.36. The van der Waals surface area contributed by atoms with Gasteiger partial charge in [0.05, 0.1) is 24.3 Å². The molecular formula is C28H35N9O. The highest BCUT2D eigenvalue weighted by Gasteiger charge is 2.34. The number of rotatable bonds is 9. The van der Waals surface area contributed by atoms with Crippen LogP contribution in [0.25, 0.3) is 21.9 Å². The van der Waals surface area contributed by atoms with Gasteiger partial charge in [-0.2, -0.15) is 10.1 Å². The average Bonchev–Trinajstić information content (AvgIpc) is 3.68. The molecule has 10 heteroatoms. The average molecular weight is 514 g/mol. The Balaban J connectivity index is 1.37. The highest BCUT2D eigenvalue weighted by Crippen LogP contribution is 2.44. The second-order valence-corrected chi connectivity index (χ2v) is 10.6. The van der Waals surface area contributed by atoms with Gasteiger partial charge in [-0.3, -0.25) is 19.4 Å². The molecule has 1 aliphatic carbocycles. The van der Waals surface area contributed by atoms with E-state index in [1.54, 1.807) is 0 Å². The number of benzene rings is 1. The Bertz CT molecular complexity index is 1460. The number of carbonyl (C=O) groups excluding carboxylic acids is 1. The largest absolute Gasteiger partial charge is 0.369 e. The van der Waals surface area contributed by atoms with Crippen molar-refractivity contribution in [1.82, 2.24) is 29.6 Å². The molecule has 1 aromatic carbocycles. The molecule has 2 aliphatic rings. The van der Waals surface area contributed by atoms with Gasteiger partial charge < -0.3 is 16.0 Å². The van der Waals surface area contributed by atoms with Gasteiger partial charge in [0.2, 0.25) is 11.9 Å². The molecule has 4 heterocycles. The molecule has 2 atom stereocenters. The SMILES string of the molecule is CCC(C)n1ncc2nc(N3CCN(CC(N)=O)CC3)nc(N[C@@H](c3cnc4ccccc4c3)C3CC3)c21. The van der Waals surface area contributed by atoms with E-state index in [4.69, 9.17) is 25.8 Å². The van der Waals surface area contributed by atoms with Crippen LogP contribution in [0.2, 0.25) is 0 Å². The van der Waals surface area contributed by atoms with Gasteiger partial charge in [0.25, 0.3) is 0 Å². The number of nitrogens with zero attached hydrogens (tertiary/aromatic N) is 7. The minimum atomic E-state index is -0.297. The first-order chi connectivity index (χ1) is 18.5. The number of hydrogen-bond donors (Lipinski definition) is 2. The van der Waals surface area contributed by atoms with Crippen LogP contribution in [0.5, 0.6) is 0 Å². The first-order valence-electron chi connectivity index (χ1n) is 13.6. The van der Waals surface area contributed by atoms with E-state index in [0.29, 0.717) is 11.9 Å². The highest BCUT2D eigenvalue weighted by atomic mass is 16.1. The van der Waals surface area contributed by atoms with E-state index in [0.717, 1.165) is 60.4 Å². The van der Waals surface area contributed by atoms with E-state index in [9.17, 15) is 4.79 Å². The number of carbonyl (C=O) groups is 1. The minimum absolute atomic E-state index is 0.103. The summed E-state index contributed by atoms with van der Waals surface area (Å²) in [4.78, 5) is 30.4. The zero-order valence-electron chi connectivity index (χ0n) is 22.0. The highest BCUT2D eigenvalue weighted by molar-refractivity contribution is 5.87.